The lowest BCUT2D eigenvalue weighted by molar-refractivity contribution is -0.147. The molecule has 0 fully saturated rings. The minimum absolute atomic E-state index is 0.0574. The topological polar surface area (TPSA) is 52.6 Å². The summed E-state index contributed by atoms with van der Waals surface area (Å²) in [5, 5.41) is 0. The van der Waals surface area contributed by atoms with Crippen LogP contribution in [0.2, 0.25) is 0 Å². The van der Waals surface area contributed by atoms with Gasteiger partial charge in [0.15, 0.2) is 5.78 Å². The van der Waals surface area contributed by atoms with E-state index in [1.165, 1.54) is 32.1 Å². The van der Waals surface area contributed by atoms with E-state index < -0.39 is 0 Å². The van der Waals surface area contributed by atoms with Crippen molar-refractivity contribution in [3.05, 3.63) is 11.6 Å². The van der Waals surface area contributed by atoms with E-state index in [1.54, 1.807) is 6.08 Å². The van der Waals surface area contributed by atoms with Gasteiger partial charge in [0.1, 0.15) is 6.10 Å². The summed E-state index contributed by atoms with van der Waals surface area (Å²) in [6.45, 7) is 8.74. The number of unbranched alkanes of at least 4 members (excludes halogenated alkanes) is 9. The van der Waals surface area contributed by atoms with Crippen LogP contribution in [0.15, 0.2) is 11.6 Å². The molecule has 0 aromatic heterocycles. The molecule has 0 radical (unpaired) electrons. The molecule has 0 aromatic carbocycles. The maximum absolute atomic E-state index is 12.7. The smallest absolute Gasteiger partial charge is 0.306 e. The predicted molar refractivity (Wildman–Crippen MR) is 131 cm³/mol. The van der Waals surface area contributed by atoms with E-state index in [1.807, 2.05) is 13.8 Å². The number of carbonyl (C=O) groups is 2. The van der Waals surface area contributed by atoms with E-state index in [4.69, 9.17) is 9.47 Å². The Labute approximate surface area is 196 Å². The number of allylic oxidation sites excluding steroid dienone is 1. The van der Waals surface area contributed by atoms with Gasteiger partial charge in [-0.25, -0.2) is 0 Å². The molecule has 2 atom stereocenters. The Kier molecular flexibility index (Phi) is 15.9. The second kappa shape index (κ2) is 17.9. The molecular weight excluding hydrogens is 400 g/mol. The van der Waals surface area contributed by atoms with Gasteiger partial charge < -0.3 is 9.47 Å². The molecule has 0 aliphatic heterocycles. The van der Waals surface area contributed by atoms with Gasteiger partial charge in [0.05, 0.1) is 12.0 Å². The fraction of sp³-hybridized carbons (Fsp3) is 0.786. The summed E-state index contributed by atoms with van der Waals surface area (Å²) in [4.78, 5) is 24.3. The second-order valence-electron chi connectivity index (χ2n) is 9.21. The van der Waals surface area contributed by atoms with Gasteiger partial charge in [-0.2, -0.15) is 0 Å². The van der Waals surface area contributed by atoms with Gasteiger partial charge in [-0.1, -0.05) is 77.1 Å². The molecule has 0 bridgehead atoms. The van der Waals surface area contributed by atoms with Gasteiger partial charge in [0.2, 0.25) is 0 Å². The SMILES string of the molecule is CCCCCCC#CC1=CC(=O)[C@H](CCCCCC)[C@H]1OCCCCCC(=O)OC(C)C. The van der Waals surface area contributed by atoms with Crippen LogP contribution in [-0.2, 0) is 19.1 Å². The van der Waals surface area contributed by atoms with Crippen LogP contribution >= 0.6 is 0 Å². The molecule has 0 saturated heterocycles. The zero-order valence-electron chi connectivity index (χ0n) is 21.0. The first kappa shape index (κ1) is 28.4. The highest BCUT2D eigenvalue weighted by atomic mass is 16.5. The van der Waals surface area contributed by atoms with E-state index >= 15 is 0 Å². The third kappa shape index (κ3) is 12.4. The Balaban J connectivity index is 2.51. The number of ether oxygens (including phenoxy) is 2. The van der Waals surface area contributed by atoms with E-state index in [0.29, 0.717) is 13.0 Å². The minimum Gasteiger partial charge on any atom is -0.463 e. The Hall–Kier alpha value is -1.60. The summed E-state index contributed by atoms with van der Waals surface area (Å²) in [6, 6.07) is 0. The molecule has 0 amide bonds. The summed E-state index contributed by atoms with van der Waals surface area (Å²) in [5.41, 5.74) is 0.867. The van der Waals surface area contributed by atoms with Crippen LogP contribution in [0, 0.1) is 17.8 Å². The fourth-order valence-electron chi connectivity index (χ4n) is 3.99. The molecule has 32 heavy (non-hydrogen) atoms. The minimum atomic E-state index is -0.196. The first-order chi connectivity index (χ1) is 15.5. The molecule has 1 aliphatic rings. The van der Waals surface area contributed by atoms with Crippen LogP contribution in [0.4, 0.5) is 0 Å². The van der Waals surface area contributed by atoms with E-state index in [9.17, 15) is 9.59 Å². The lowest BCUT2D eigenvalue weighted by Gasteiger charge is -2.21. The second-order valence-corrected chi connectivity index (χ2v) is 9.21. The highest BCUT2D eigenvalue weighted by molar-refractivity contribution is 5.97. The monoisotopic (exact) mass is 446 g/mol. The van der Waals surface area contributed by atoms with Crippen molar-refractivity contribution in [1.29, 1.82) is 0 Å². The molecule has 0 spiro atoms. The zero-order chi connectivity index (χ0) is 23.6. The Morgan fingerprint density at radius 1 is 0.969 bits per heavy atom. The number of ketones is 1. The molecule has 0 N–H and O–H groups in total. The molecule has 182 valence electrons. The summed E-state index contributed by atoms with van der Waals surface area (Å²) in [6.07, 6.45) is 15.7. The number of hydrogen-bond donors (Lipinski definition) is 0. The molecule has 0 saturated carbocycles. The zero-order valence-corrected chi connectivity index (χ0v) is 21.0. The molecule has 1 rings (SSSR count). The molecule has 4 heteroatoms. The number of esters is 1. The van der Waals surface area contributed by atoms with Crippen molar-refractivity contribution in [2.75, 3.05) is 6.61 Å². The first-order valence-electron chi connectivity index (χ1n) is 13.0. The van der Waals surface area contributed by atoms with Crippen molar-refractivity contribution in [3.8, 4) is 11.8 Å². The maximum atomic E-state index is 12.7. The first-order valence-corrected chi connectivity index (χ1v) is 13.0. The lowest BCUT2D eigenvalue weighted by Crippen LogP contribution is -2.26. The third-order valence-electron chi connectivity index (χ3n) is 5.78. The molecule has 1 aliphatic carbocycles. The van der Waals surface area contributed by atoms with Crippen LogP contribution in [0.5, 0.6) is 0 Å². The fourth-order valence-corrected chi connectivity index (χ4v) is 3.99. The van der Waals surface area contributed by atoms with E-state index in [2.05, 4.69) is 25.7 Å². The van der Waals surface area contributed by atoms with Gasteiger partial charge in [-0.3, -0.25) is 9.59 Å². The van der Waals surface area contributed by atoms with Crippen molar-refractivity contribution in [1.82, 2.24) is 0 Å². The standard InChI is InChI=1S/C28H46O4/c1-5-7-9-11-12-14-18-24-22-26(29)25(19-15-10-8-6-2)28(24)31-21-17-13-16-20-27(30)32-23(3)4/h22-23,25,28H,5-13,15-17,19-21H2,1-4H3/t25-,28-/m0/s1. The highest BCUT2D eigenvalue weighted by Crippen LogP contribution is 2.30. The van der Waals surface area contributed by atoms with Gasteiger partial charge in [-0.05, 0) is 45.6 Å². The molecule has 4 nitrogen and oxygen atoms in total. The van der Waals surface area contributed by atoms with E-state index in [-0.39, 0.29) is 29.9 Å². The van der Waals surface area contributed by atoms with Crippen molar-refractivity contribution in [3.63, 3.8) is 0 Å². The van der Waals surface area contributed by atoms with Crippen molar-refractivity contribution in [2.45, 2.75) is 130 Å². The van der Waals surface area contributed by atoms with Gasteiger partial charge in [-0.15, -0.1) is 0 Å². The van der Waals surface area contributed by atoms with Crippen LogP contribution in [0.25, 0.3) is 0 Å². The predicted octanol–water partition coefficient (Wildman–Crippen LogP) is 6.95. The largest absolute Gasteiger partial charge is 0.463 e. The van der Waals surface area contributed by atoms with Crippen LogP contribution in [-0.4, -0.2) is 30.6 Å². The van der Waals surface area contributed by atoms with Crippen molar-refractivity contribution < 1.29 is 19.1 Å². The average Bonchev–Trinajstić information content (AvgIpc) is 3.04. The molecule has 0 aromatic rings. The quantitative estimate of drug-likeness (QED) is 0.138. The molecule has 0 heterocycles. The normalized spacial score (nSPS) is 17.9. The maximum Gasteiger partial charge on any atom is 0.306 e. The molecular formula is C28H46O4. The average molecular weight is 447 g/mol. The van der Waals surface area contributed by atoms with Crippen molar-refractivity contribution >= 4 is 11.8 Å². The van der Waals surface area contributed by atoms with Crippen LogP contribution < -0.4 is 0 Å². The van der Waals surface area contributed by atoms with Crippen molar-refractivity contribution in [2.24, 2.45) is 5.92 Å². The van der Waals surface area contributed by atoms with E-state index in [0.717, 1.165) is 56.9 Å². The Morgan fingerprint density at radius 2 is 1.66 bits per heavy atom. The lowest BCUT2D eigenvalue weighted by atomic mass is 9.94. The number of carbonyl (C=O) groups excluding carboxylic acids is 2. The summed E-state index contributed by atoms with van der Waals surface area (Å²) >= 11 is 0. The van der Waals surface area contributed by atoms with Crippen LogP contribution in [0.3, 0.4) is 0 Å². The summed E-state index contributed by atoms with van der Waals surface area (Å²) in [5.74, 6) is 6.49. The van der Waals surface area contributed by atoms with Gasteiger partial charge in [0, 0.05) is 25.0 Å². The van der Waals surface area contributed by atoms with Crippen LogP contribution in [0.1, 0.15) is 118 Å². The third-order valence-corrected chi connectivity index (χ3v) is 5.78. The summed E-state index contributed by atoms with van der Waals surface area (Å²) in [7, 11) is 0. The summed E-state index contributed by atoms with van der Waals surface area (Å²) < 4.78 is 11.4. The molecule has 0 unspecified atom stereocenters. The Bertz CT molecular complexity index is 623. The highest BCUT2D eigenvalue weighted by Gasteiger charge is 2.35. The Morgan fingerprint density at radius 3 is 2.34 bits per heavy atom. The number of rotatable bonds is 17. The number of hydrogen-bond acceptors (Lipinski definition) is 4. The van der Waals surface area contributed by atoms with Gasteiger partial charge >= 0.3 is 5.97 Å². The van der Waals surface area contributed by atoms with Gasteiger partial charge in [0.25, 0.3) is 0 Å².